The van der Waals surface area contributed by atoms with Gasteiger partial charge in [-0.1, -0.05) is 72.3 Å². The first-order valence-electron chi connectivity index (χ1n) is 8.00. The molecule has 0 aliphatic rings. The third-order valence-corrected chi connectivity index (χ3v) is 3.95. The molecule has 26 heavy (non-hydrogen) atoms. The van der Waals surface area contributed by atoms with Gasteiger partial charge in [0.2, 0.25) is 0 Å². The summed E-state index contributed by atoms with van der Waals surface area (Å²) < 4.78 is 5.21. The minimum atomic E-state index is -0.654. The Kier molecular flexibility index (Phi) is 5.66. The highest BCUT2D eigenvalue weighted by atomic mass is 35.5. The molecule has 0 aromatic heterocycles. The fourth-order valence-electron chi connectivity index (χ4n) is 2.43. The molecule has 0 radical (unpaired) electrons. The molecule has 0 unspecified atom stereocenters. The Bertz CT molecular complexity index is 911. The van der Waals surface area contributed by atoms with Crippen LogP contribution in [0.5, 0.6) is 0 Å². The van der Waals surface area contributed by atoms with Gasteiger partial charge in [-0.3, -0.25) is 10.1 Å². The van der Waals surface area contributed by atoms with Crippen molar-refractivity contribution >= 4 is 29.2 Å². The number of nitrogens with one attached hydrogen (secondary N) is 1. The Hall–Kier alpha value is -3.11. The van der Waals surface area contributed by atoms with Gasteiger partial charge in [-0.2, -0.15) is 0 Å². The topological polar surface area (TPSA) is 55.4 Å². The van der Waals surface area contributed by atoms with E-state index in [9.17, 15) is 9.59 Å². The van der Waals surface area contributed by atoms with E-state index >= 15 is 0 Å². The monoisotopic (exact) mass is 365 g/mol. The average Bonchev–Trinajstić information content (AvgIpc) is 2.67. The van der Waals surface area contributed by atoms with E-state index < -0.39 is 6.09 Å². The van der Waals surface area contributed by atoms with Crippen molar-refractivity contribution in [3.05, 3.63) is 101 Å². The summed E-state index contributed by atoms with van der Waals surface area (Å²) >= 11 is 6.02. The molecule has 0 saturated carbocycles. The summed E-state index contributed by atoms with van der Waals surface area (Å²) in [5.41, 5.74) is 2.05. The Morgan fingerprint density at radius 2 is 1.54 bits per heavy atom. The number of halogens is 1. The first-order chi connectivity index (χ1) is 12.6. The molecular formula is C21H16ClNO3. The fraction of sp³-hybridized carbons (Fsp3) is 0.0476. The van der Waals surface area contributed by atoms with Crippen LogP contribution in [0.1, 0.15) is 21.5 Å². The highest BCUT2D eigenvalue weighted by Gasteiger charge is 2.16. The van der Waals surface area contributed by atoms with Gasteiger partial charge < -0.3 is 4.74 Å². The zero-order valence-electron chi connectivity index (χ0n) is 13.8. The predicted octanol–water partition coefficient (Wildman–Crippen LogP) is 5.32. The third-order valence-electron chi connectivity index (χ3n) is 3.71. The van der Waals surface area contributed by atoms with E-state index in [1.165, 1.54) is 6.07 Å². The van der Waals surface area contributed by atoms with Crippen LogP contribution in [0.15, 0.2) is 78.9 Å². The minimum Gasteiger partial charge on any atom is -0.444 e. The van der Waals surface area contributed by atoms with Gasteiger partial charge in [0.25, 0.3) is 0 Å². The number of carbonyl (C=O) groups is 2. The van der Waals surface area contributed by atoms with Gasteiger partial charge in [0.1, 0.15) is 6.61 Å². The maximum absolute atomic E-state index is 12.7. The number of ether oxygens (including phenoxy) is 1. The second-order valence-electron chi connectivity index (χ2n) is 5.57. The van der Waals surface area contributed by atoms with Gasteiger partial charge >= 0.3 is 6.09 Å². The Morgan fingerprint density at radius 1 is 0.885 bits per heavy atom. The average molecular weight is 366 g/mol. The number of amides is 1. The van der Waals surface area contributed by atoms with E-state index in [4.69, 9.17) is 16.3 Å². The fourth-order valence-corrected chi connectivity index (χ4v) is 2.60. The second kappa shape index (κ2) is 8.32. The van der Waals surface area contributed by atoms with Gasteiger partial charge in [0.05, 0.1) is 5.69 Å². The van der Waals surface area contributed by atoms with Gasteiger partial charge in [-0.25, -0.2) is 4.79 Å². The molecule has 0 bridgehead atoms. The quantitative estimate of drug-likeness (QED) is 0.622. The molecule has 0 saturated heterocycles. The highest BCUT2D eigenvalue weighted by molar-refractivity contribution is 6.31. The smallest absolute Gasteiger partial charge is 0.411 e. The molecule has 5 heteroatoms. The third kappa shape index (κ3) is 4.49. The van der Waals surface area contributed by atoms with Crippen LogP contribution in [0.2, 0.25) is 5.02 Å². The van der Waals surface area contributed by atoms with Crippen LogP contribution in [0.4, 0.5) is 10.5 Å². The van der Waals surface area contributed by atoms with Crippen molar-refractivity contribution in [2.45, 2.75) is 6.61 Å². The van der Waals surface area contributed by atoms with Gasteiger partial charge in [0.15, 0.2) is 5.78 Å². The molecule has 3 rings (SSSR count). The van der Waals surface area contributed by atoms with Crippen LogP contribution < -0.4 is 5.32 Å². The molecule has 1 amide bonds. The van der Waals surface area contributed by atoms with Crippen molar-refractivity contribution in [1.29, 1.82) is 0 Å². The Labute approximate surface area is 156 Å². The van der Waals surface area contributed by atoms with Crippen LogP contribution in [-0.2, 0) is 11.3 Å². The molecule has 3 aromatic carbocycles. The van der Waals surface area contributed by atoms with Crippen molar-refractivity contribution in [3.8, 4) is 0 Å². The number of ketones is 1. The first kappa shape index (κ1) is 17.7. The zero-order chi connectivity index (χ0) is 18.4. The lowest BCUT2D eigenvalue weighted by Crippen LogP contribution is -2.16. The standard InChI is InChI=1S/C21H16ClNO3/c22-17-11-12-18(20(24)16-9-5-2-6-10-16)19(13-17)23-21(25)26-14-15-7-3-1-4-8-15/h1-13H,14H2,(H,23,25). The summed E-state index contributed by atoms with van der Waals surface area (Å²) in [6.07, 6.45) is -0.654. The molecule has 0 atom stereocenters. The largest absolute Gasteiger partial charge is 0.444 e. The minimum absolute atomic E-state index is 0.134. The summed E-state index contributed by atoms with van der Waals surface area (Å²) in [5, 5.41) is 3.02. The zero-order valence-corrected chi connectivity index (χ0v) is 14.6. The van der Waals surface area contributed by atoms with Crippen molar-refractivity contribution < 1.29 is 14.3 Å². The summed E-state index contributed by atoms with van der Waals surface area (Å²) in [4.78, 5) is 24.8. The molecular weight excluding hydrogens is 350 g/mol. The van der Waals surface area contributed by atoms with Crippen molar-refractivity contribution in [2.24, 2.45) is 0 Å². The van der Waals surface area contributed by atoms with Crippen LogP contribution in [0.3, 0.4) is 0 Å². The molecule has 4 nitrogen and oxygen atoms in total. The molecule has 3 aromatic rings. The van der Waals surface area contributed by atoms with Gasteiger partial charge in [-0.05, 0) is 23.8 Å². The molecule has 0 aliphatic heterocycles. The molecule has 0 spiro atoms. The van der Waals surface area contributed by atoms with E-state index in [0.717, 1.165) is 5.56 Å². The summed E-state index contributed by atoms with van der Waals surface area (Å²) in [5.74, 6) is -0.208. The molecule has 0 fully saturated rings. The molecule has 0 aliphatic carbocycles. The van der Waals surface area contributed by atoms with E-state index in [-0.39, 0.29) is 12.4 Å². The lowest BCUT2D eigenvalue weighted by Gasteiger charge is -2.12. The second-order valence-corrected chi connectivity index (χ2v) is 6.01. The van der Waals surface area contributed by atoms with Crippen molar-refractivity contribution in [2.75, 3.05) is 5.32 Å². The lowest BCUT2D eigenvalue weighted by molar-refractivity contribution is 0.103. The SMILES string of the molecule is O=C(Nc1cc(Cl)ccc1C(=O)c1ccccc1)OCc1ccccc1. The van der Waals surface area contributed by atoms with E-state index in [1.807, 2.05) is 36.4 Å². The van der Waals surface area contributed by atoms with Crippen LogP contribution >= 0.6 is 11.6 Å². The van der Waals surface area contributed by atoms with Gasteiger partial charge in [0, 0.05) is 16.1 Å². The summed E-state index contributed by atoms with van der Waals surface area (Å²) in [7, 11) is 0. The number of anilines is 1. The predicted molar refractivity (Wildman–Crippen MR) is 102 cm³/mol. The van der Waals surface area contributed by atoms with E-state index in [0.29, 0.717) is 21.8 Å². The Balaban J connectivity index is 1.75. The van der Waals surface area contributed by atoms with Crippen molar-refractivity contribution in [3.63, 3.8) is 0 Å². The lowest BCUT2D eigenvalue weighted by atomic mass is 10.0. The number of carbonyl (C=O) groups excluding carboxylic acids is 2. The number of rotatable bonds is 5. The summed E-state index contributed by atoms with van der Waals surface area (Å²) in [6, 6.07) is 22.9. The molecule has 1 N–H and O–H groups in total. The van der Waals surface area contributed by atoms with Gasteiger partial charge in [-0.15, -0.1) is 0 Å². The van der Waals surface area contributed by atoms with E-state index in [2.05, 4.69) is 5.32 Å². The molecule has 0 heterocycles. The molecule has 130 valence electrons. The first-order valence-corrected chi connectivity index (χ1v) is 8.38. The maximum Gasteiger partial charge on any atom is 0.411 e. The number of hydrogen-bond donors (Lipinski definition) is 1. The van der Waals surface area contributed by atoms with Crippen LogP contribution in [0, 0.1) is 0 Å². The Morgan fingerprint density at radius 3 is 2.23 bits per heavy atom. The van der Waals surface area contributed by atoms with Crippen LogP contribution in [0.25, 0.3) is 0 Å². The number of benzene rings is 3. The normalized spacial score (nSPS) is 10.2. The van der Waals surface area contributed by atoms with Crippen LogP contribution in [-0.4, -0.2) is 11.9 Å². The summed E-state index contributed by atoms with van der Waals surface area (Å²) in [6.45, 7) is 0.134. The highest BCUT2D eigenvalue weighted by Crippen LogP contribution is 2.24. The maximum atomic E-state index is 12.7. The number of hydrogen-bond acceptors (Lipinski definition) is 3. The van der Waals surface area contributed by atoms with Crippen molar-refractivity contribution in [1.82, 2.24) is 0 Å². The van der Waals surface area contributed by atoms with E-state index in [1.54, 1.807) is 36.4 Å².